The van der Waals surface area contributed by atoms with Gasteiger partial charge in [0.05, 0.1) is 11.9 Å². The molecule has 1 unspecified atom stereocenters. The first kappa shape index (κ1) is 23.9. The van der Waals surface area contributed by atoms with Crippen LogP contribution in [0.15, 0.2) is 46.9 Å². The van der Waals surface area contributed by atoms with Gasteiger partial charge in [-0.05, 0) is 36.8 Å². The fourth-order valence-electron chi connectivity index (χ4n) is 3.28. The number of nitrogens with zero attached hydrogens (tertiary/aromatic N) is 2. The average Bonchev–Trinajstić information content (AvgIpc) is 3.21. The van der Waals surface area contributed by atoms with E-state index in [1.54, 1.807) is 19.1 Å². The van der Waals surface area contributed by atoms with Gasteiger partial charge in [-0.2, -0.15) is 0 Å². The van der Waals surface area contributed by atoms with Crippen LogP contribution in [0.1, 0.15) is 12.5 Å². The van der Waals surface area contributed by atoms with E-state index in [0.29, 0.717) is 11.5 Å². The number of hydrogen-bond acceptors (Lipinski definition) is 6. The van der Waals surface area contributed by atoms with E-state index in [1.165, 1.54) is 18.0 Å². The van der Waals surface area contributed by atoms with Crippen LogP contribution >= 0.6 is 15.9 Å². The Morgan fingerprint density at radius 2 is 1.88 bits per heavy atom. The number of amides is 2. The SMILES string of the molecule is CNC(=O)C(C)N(Cc1cccc(Br)c1)C(=O)CN(c1ccc2c(c1)OCO2)S(C)(=O)=O. The third-order valence-electron chi connectivity index (χ3n) is 4.98. The van der Waals surface area contributed by atoms with Crippen molar-refractivity contribution in [2.75, 3.05) is 30.9 Å². The number of fused-ring (bicyclic) bond motifs is 1. The summed E-state index contributed by atoms with van der Waals surface area (Å²) in [5.41, 5.74) is 1.05. The van der Waals surface area contributed by atoms with Gasteiger partial charge in [-0.25, -0.2) is 8.42 Å². The zero-order valence-electron chi connectivity index (χ0n) is 17.9. The van der Waals surface area contributed by atoms with Crippen molar-refractivity contribution in [1.82, 2.24) is 10.2 Å². The van der Waals surface area contributed by atoms with Crippen molar-refractivity contribution in [3.63, 3.8) is 0 Å². The number of benzene rings is 2. The van der Waals surface area contributed by atoms with Crippen molar-refractivity contribution in [1.29, 1.82) is 0 Å². The molecule has 11 heteroatoms. The quantitative estimate of drug-likeness (QED) is 0.565. The molecule has 172 valence electrons. The first-order valence-corrected chi connectivity index (χ1v) is 12.4. The molecule has 0 aromatic heterocycles. The third-order valence-corrected chi connectivity index (χ3v) is 6.61. The molecule has 1 aliphatic rings. The van der Waals surface area contributed by atoms with E-state index >= 15 is 0 Å². The van der Waals surface area contributed by atoms with Crippen molar-refractivity contribution in [3.8, 4) is 11.5 Å². The van der Waals surface area contributed by atoms with Crippen LogP contribution in [0.5, 0.6) is 11.5 Å². The van der Waals surface area contributed by atoms with Gasteiger partial charge in [0.2, 0.25) is 28.6 Å². The lowest BCUT2D eigenvalue weighted by molar-refractivity contribution is -0.139. The molecule has 0 bridgehead atoms. The lowest BCUT2D eigenvalue weighted by Crippen LogP contribution is -2.50. The largest absolute Gasteiger partial charge is 0.454 e. The second-order valence-corrected chi connectivity index (χ2v) is 10.1. The molecule has 9 nitrogen and oxygen atoms in total. The van der Waals surface area contributed by atoms with Gasteiger partial charge in [0.15, 0.2) is 11.5 Å². The van der Waals surface area contributed by atoms with Crippen LogP contribution in [0.3, 0.4) is 0 Å². The first-order valence-electron chi connectivity index (χ1n) is 9.73. The van der Waals surface area contributed by atoms with E-state index in [0.717, 1.165) is 20.6 Å². The molecule has 1 atom stereocenters. The minimum Gasteiger partial charge on any atom is -0.454 e. The molecule has 3 rings (SSSR count). The predicted octanol–water partition coefficient (Wildman–Crippen LogP) is 2.11. The molecule has 1 aliphatic heterocycles. The van der Waals surface area contributed by atoms with Gasteiger partial charge < -0.3 is 19.7 Å². The van der Waals surface area contributed by atoms with Crippen molar-refractivity contribution in [2.24, 2.45) is 0 Å². The van der Waals surface area contributed by atoms with Gasteiger partial charge in [-0.3, -0.25) is 13.9 Å². The molecule has 0 fully saturated rings. The maximum Gasteiger partial charge on any atom is 0.244 e. The zero-order chi connectivity index (χ0) is 23.5. The highest BCUT2D eigenvalue weighted by molar-refractivity contribution is 9.10. The molecule has 2 amide bonds. The Labute approximate surface area is 195 Å². The monoisotopic (exact) mass is 525 g/mol. The number of rotatable bonds is 8. The van der Waals surface area contributed by atoms with Gasteiger partial charge >= 0.3 is 0 Å². The summed E-state index contributed by atoms with van der Waals surface area (Å²) in [6, 6.07) is 11.2. The fraction of sp³-hybridized carbons (Fsp3) is 0.333. The van der Waals surface area contributed by atoms with E-state index in [4.69, 9.17) is 9.47 Å². The van der Waals surface area contributed by atoms with Crippen LogP contribution in [0.25, 0.3) is 0 Å². The normalized spacial score (nSPS) is 13.4. The van der Waals surface area contributed by atoms with Crippen LogP contribution < -0.4 is 19.1 Å². The number of carbonyl (C=O) groups excluding carboxylic acids is 2. The van der Waals surface area contributed by atoms with Crippen LogP contribution in [0.4, 0.5) is 5.69 Å². The maximum atomic E-state index is 13.3. The van der Waals surface area contributed by atoms with Crippen molar-refractivity contribution >= 4 is 43.5 Å². The lowest BCUT2D eigenvalue weighted by Gasteiger charge is -2.31. The number of sulfonamides is 1. The Kier molecular flexibility index (Phi) is 7.29. The summed E-state index contributed by atoms with van der Waals surface area (Å²) in [5.74, 6) is 0.0119. The summed E-state index contributed by atoms with van der Waals surface area (Å²) in [6.07, 6.45) is 1.02. The smallest absolute Gasteiger partial charge is 0.244 e. The van der Waals surface area contributed by atoms with E-state index in [2.05, 4.69) is 21.2 Å². The summed E-state index contributed by atoms with van der Waals surface area (Å²) >= 11 is 3.40. The number of nitrogens with one attached hydrogen (secondary N) is 1. The second kappa shape index (κ2) is 9.78. The van der Waals surface area contributed by atoms with Gasteiger partial charge in [-0.1, -0.05) is 28.1 Å². The van der Waals surface area contributed by atoms with Crippen molar-refractivity contribution in [3.05, 3.63) is 52.5 Å². The highest BCUT2D eigenvalue weighted by Crippen LogP contribution is 2.36. The first-order chi connectivity index (χ1) is 15.1. The second-order valence-electron chi connectivity index (χ2n) is 7.25. The molecule has 32 heavy (non-hydrogen) atoms. The molecule has 0 spiro atoms. The highest BCUT2D eigenvalue weighted by atomic mass is 79.9. The summed E-state index contributed by atoms with van der Waals surface area (Å²) in [7, 11) is -2.33. The lowest BCUT2D eigenvalue weighted by atomic mass is 10.1. The molecule has 0 aliphatic carbocycles. The van der Waals surface area contributed by atoms with Crippen LogP contribution in [-0.4, -0.2) is 57.8 Å². The zero-order valence-corrected chi connectivity index (χ0v) is 20.3. The number of anilines is 1. The molecule has 2 aromatic rings. The fourth-order valence-corrected chi connectivity index (χ4v) is 4.57. The van der Waals surface area contributed by atoms with Crippen molar-refractivity contribution in [2.45, 2.75) is 19.5 Å². The van der Waals surface area contributed by atoms with E-state index < -0.39 is 28.5 Å². The number of carbonyl (C=O) groups is 2. The Bertz CT molecular complexity index is 1120. The molecular formula is C21H24BrN3O6S. The van der Waals surface area contributed by atoms with Crippen molar-refractivity contribution < 1.29 is 27.5 Å². The summed E-state index contributed by atoms with van der Waals surface area (Å²) in [6.45, 7) is 1.29. The topological polar surface area (TPSA) is 105 Å². The van der Waals surface area contributed by atoms with Crippen LogP contribution in [-0.2, 0) is 26.2 Å². The molecule has 0 radical (unpaired) electrons. The minimum atomic E-state index is -3.81. The highest BCUT2D eigenvalue weighted by Gasteiger charge is 2.30. The Morgan fingerprint density at radius 1 is 1.16 bits per heavy atom. The number of ether oxygens (including phenoxy) is 2. The van der Waals surface area contributed by atoms with E-state index in [1.807, 2.05) is 24.3 Å². The molecule has 1 N–H and O–H groups in total. The van der Waals surface area contributed by atoms with Gasteiger partial charge in [0.25, 0.3) is 0 Å². The minimum absolute atomic E-state index is 0.0423. The number of halogens is 1. The van der Waals surface area contributed by atoms with Gasteiger partial charge in [0.1, 0.15) is 12.6 Å². The standard InChI is InChI=1S/C21H24BrN3O6S/c1-14(21(27)23-2)24(11-15-5-4-6-16(22)9-15)20(26)12-25(32(3,28)29)17-7-8-18-19(10-17)31-13-30-18/h4-10,14H,11-13H2,1-3H3,(H,23,27). The summed E-state index contributed by atoms with van der Waals surface area (Å²) < 4.78 is 37.5. The summed E-state index contributed by atoms with van der Waals surface area (Å²) in [4.78, 5) is 27.0. The number of likely N-dealkylation sites (N-methyl/N-ethyl adjacent to an activating group) is 1. The average molecular weight is 526 g/mol. The van der Waals surface area contributed by atoms with Crippen LogP contribution in [0.2, 0.25) is 0 Å². The molecule has 0 saturated heterocycles. The third kappa shape index (κ3) is 5.52. The van der Waals surface area contributed by atoms with Crippen LogP contribution in [0, 0.1) is 0 Å². The Morgan fingerprint density at radius 3 is 2.53 bits per heavy atom. The molecule has 2 aromatic carbocycles. The van der Waals surface area contributed by atoms with Gasteiger partial charge in [-0.15, -0.1) is 0 Å². The summed E-state index contributed by atoms with van der Waals surface area (Å²) in [5, 5.41) is 2.54. The Balaban J connectivity index is 1.91. The molecule has 1 heterocycles. The van der Waals surface area contributed by atoms with Gasteiger partial charge in [0, 0.05) is 24.1 Å². The Hall–Kier alpha value is -2.79. The molecule has 0 saturated carbocycles. The molecular weight excluding hydrogens is 502 g/mol. The predicted molar refractivity (Wildman–Crippen MR) is 123 cm³/mol. The number of hydrogen-bond donors (Lipinski definition) is 1. The van der Waals surface area contributed by atoms with E-state index in [-0.39, 0.29) is 24.9 Å². The van der Waals surface area contributed by atoms with E-state index in [9.17, 15) is 18.0 Å². The maximum absolute atomic E-state index is 13.3.